The van der Waals surface area contributed by atoms with Gasteiger partial charge < -0.3 is 35.4 Å². The first-order chi connectivity index (χ1) is 17.9. The summed E-state index contributed by atoms with van der Waals surface area (Å²) in [4.78, 5) is 29.4. The number of H-pyrrole nitrogens is 1. The molecule has 1 aliphatic heterocycles. The highest BCUT2D eigenvalue weighted by molar-refractivity contribution is 5.90. The first-order valence-corrected chi connectivity index (χ1v) is 12.3. The van der Waals surface area contributed by atoms with Crippen molar-refractivity contribution in [2.75, 3.05) is 27.9 Å². The number of nitrogens with one attached hydrogen (secondary N) is 3. The number of fused-ring (bicyclic) bond motifs is 3. The van der Waals surface area contributed by atoms with Crippen molar-refractivity contribution in [1.29, 1.82) is 0 Å². The molecule has 0 fully saturated rings. The minimum atomic E-state index is -0.762. The lowest BCUT2D eigenvalue weighted by molar-refractivity contribution is -0.145. The lowest BCUT2D eigenvalue weighted by Gasteiger charge is -2.32. The number of hydrogen-bond donors (Lipinski definition) is 5. The van der Waals surface area contributed by atoms with Gasteiger partial charge in [0.25, 0.3) is 0 Å². The molecule has 3 atom stereocenters. The second-order valence-corrected chi connectivity index (χ2v) is 9.06. The van der Waals surface area contributed by atoms with E-state index in [1.807, 2.05) is 24.3 Å². The van der Waals surface area contributed by atoms with Crippen LogP contribution in [0.4, 0.5) is 0 Å². The Morgan fingerprint density at radius 3 is 2.49 bits per heavy atom. The number of esters is 1. The molecule has 4 rings (SSSR count). The Labute approximate surface area is 215 Å². The van der Waals surface area contributed by atoms with E-state index in [1.165, 1.54) is 21.3 Å². The van der Waals surface area contributed by atoms with Crippen LogP contribution in [-0.2, 0) is 20.7 Å². The van der Waals surface area contributed by atoms with Crippen LogP contribution in [0.2, 0.25) is 0 Å². The highest BCUT2D eigenvalue weighted by atomic mass is 16.5. The van der Waals surface area contributed by atoms with Gasteiger partial charge in [0, 0.05) is 16.6 Å². The van der Waals surface area contributed by atoms with Crippen LogP contribution >= 0.6 is 0 Å². The molecule has 0 spiro atoms. The molecule has 2 aromatic carbocycles. The standard InChI is InChI=1S/C27H34N4O6/c1-35-21-12-15(13-22(36-2)25(21)32)23-24-17(16-8-4-5-9-18(16)29-24)14-20(30-23)26(33)31-19(27(34)37-3)10-6-7-11-28/h4-5,8-9,12-13,19-20,23,29-30,32H,6-7,10-11,14,28H2,1-3H3,(H,31,33)/t19-,20-,23+/m0/s1. The molecule has 0 aliphatic carbocycles. The van der Waals surface area contributed by atoms with Crippen LogP contribution in [0.5, 0.6) is 17.2 Å². The third-order valence-corrected chi connectivity index (χ3v) is 6.81. The van der Waals surface area contributed by atoms with Gasteiger partial charge in [0.15, 0.2) is 11.5 Å². The second-order valence-electron chi connectivity index (χ2n) is 9.06. The van der Waals surface area contributed by atoms with Crippen molar-refractivity contribution >= 4 is 22.8 Å². The van der Waals surface area contributed by atoms with Crippen LogP contribution in [0.3, 0.4) is 0 Å². The van der Waals surface area contributed by atoms with Gasteiger partial charge >= 0.3 is 5.97 Å². The molecule has 1 aliphatic rings. The molecule has 10 nitrogen and oxygen atoms in total. The minimum absolute atomic E-state index is 0.103. The number of rotatable bonds is 10. The summed E-state index contributed by atoms with van der Waals surface area (Å²) in [7, 11) is 4.24. The van der Waals surface area contributed by atoms with Gasteiger partial charge in [-0.1, -0.05) is 18.2 Å². The fourth-order valence-corrected chi connectivity index (χ4v) is 4.90. The second kappa shape index (κ2) is 11.5. The average Bonchev–Trinajstić information content (AvgIpc) is 3.30. The number of aromatic hydroxyl groups is 1. The zero-order valence-corrected chi connectivity index (χ0v) is 21.3. The Morgan fingerprint density at radius 1 is 1.14 bits per heavy atom. The third kappa shape index (κ3) is 5.35. The van der Waals surface area contributed by atoms with Crippen molar-refractivity contribution in [3.05, 3.63) is 53.2 Å². The molecule has 0 saturated carbocycles. The van der Waals surface area contributed by atoms with Crippen LogP contribution in [-0.4, -0.2) is 61.9 Å². The van der Waals surface area contributed by atoms with E-state index >= 15 is 0 Å². The maximum atomic E-state index is 13.5. The molecule has 10 heteroatoms. The first kappa shape index (κ1) is 26.3. The summed E-state index contributed by atoms with van der Waals surface area (Å²) < 4.78 is 15.7. The number of para-hydroxylation sites is 1. The number of unbranched alkanes of at least 4 members (excludes halogenated alkanes) is 1. The summed E-state index contributed by atoms with van der Waals surface area (Å²) in [6, 6.07) is 9.51. The zero-order valence-electron chi connectivity index (χ0n) is 21.3. The summed E-state index contributed by atoms with van der Waals surface area (Å²) in [6.07, 6.45) is 2.30. The zero-order chi connectivity index (χ0) is 26.5. The van der Waals surface area contributed by atoms with Crippen LogP contribution in [0.15, 0.2) is 36.4 Å². The Balaban J connectivity index is 1.71. The van der Waals surface area contributed by atoms with Crippen LogP contribution in [0.25, 0.3) is 10.9 Å². The van der Waals surface area contributed by atoms with Crippen molar-refractivity contribution in [2.45, 2.75) is 43.8 Å². The van der Waals surface area contributed by atoms with E-state index in [1.54, 1.807) is 12.1 Å². The number of carbonyl (C=O) groups excluding carboxylic acids is 2. The number of amides is 1. The van der Waals surface area contributed by atoms with E-state index in [2.05, 4.69) is 15.6 Å². The van der Waals surface area contributed by atoms with Gasteiger partial charge in [-0.25, -0.2) is 4.79 Å². The van der Waals surface area contributed by atoms with E-state index in [9.17, 15) is 14.7 Å². The minimum Gasteiger partial charge on any atom is -0.502 e. The fourth-order valence-electron chi connectivity index (χ4n) is 4.90. The van der Waals surface area contributed by atoms with Crippen molar-refractivity contribution in [1.82, 2.24) is 15.6 Å². The molecule has 198 valence electrons. The molecule has 0 saturated heterocycles. The quantitative estimate of drug-likeness (QED) is 0.206. The van der Waals surface area contributed by atoms with Gasteiger partial charge in [-0.15, -0.1) is 0 Å². The average molecular weight is 511 g/mol. The molecule has 1 amide bonds. The smallest absolute Gasteiger partial charge is 0.328 e. The van der Waals surface area contributed by atoms with E-state index < -0.39 is 24.1 Å². The Morgan fingerprint density at radius 2 is 1.84 bits per heavy atom. The third-order valence-electron chi connectivity index (χ3n) is 6.81. The molecule has 0 bridgehead atoms. The summed E-state index contributed by atoms with van der Waals surface area (Å²) in [5.41, 5.74) is 9.20. The number of aromatic amines is 1. The number of phenols is 1. The first-order valence-electron chi connectivity index (χ1n) is 12.3. The number of benzene rings is 2. The maximum absolute atomic E-state index is 13.5. The topological polar surface area (TPSA) is 148 Å². The van der Waals surface area contributed by atoms with Gasteiger partial charge in [0.2, 0.25) is 11.7 Å². The van der Waals surface area contributed by atoms with Gasteiger partial charge in [-0.05, 0) is 61.6 Å². The van der Waals surface area contributed by atoms with E-state index in [-0.39, 0.29) is 23.2 Å². The van der Waals surface area contributed by atoms with Crippen LogP contribution in [0.1, 0.15) is 42.1 Å². The number of phenolic OH excluding ortho intramolecular Hbond substituents is 1. The van der Waals surface area contributed by atoms with Gasteiger partial charge in [-0.3, -0.25) is 10.1 Å². The number of methoxy groups -OCH3 is 3. The molecule has 6 N–H and O–H groups in total. The van der Waals surface area contributed by atoms with Crippen molar-refractivity contribution in [2.24, 2.45) is 5.73 Å². The van der Waals surface area contributed by atoms with Gasteiger partial charge in [-0.2, -0.15) is 0 Å². The normalized spacial score (nSPS) is 17.6. The van der Waals surface area contributed by atoms with Gasteiger partial charge in [0.1, 0.15) is 6.04 Å². The SMILES string of the molecule is COC(=O)[C@H](CCCCN)NC(=O)[C@@H]1Cc2c([nH]c3ccccc23)[C@@H](c2cc(OC)c(O)c(OC)c2)N1. The number of ether oxygens (including phenoxy) is 3. The largest absolute Gasteiger partial charge is 0.502 e. The van der Waals surface area contributed by atoms with Crippen molar-refractivity contribution < 1.29 is 28.9 Å². The summed E-state index contributed by atoms with van der Waals surface area (Å²) in [6.45, 7) is 0.511. The highest BCUT2D eigenvalue weighted by Crippen LogP contribution is 2.42. The molecule has 0 radical (unpaired) electrons. The van der Waals surface area contributed by atoms with E-state index in [0.717, 1.165) is 34.1 Å². The lowest BCUT2D eigenvalue weighted by atomic mass is 9.89. The number of aromatic nitrogens is 1. The van der Waals surface area contributed by atoms with E-state index in [0.29, 0.717) is 25.8 Å². The monoisotopic (exact) mass is 510 g/mol. The molecule has 2 heterocycles. The van der Waals surface area contributed by atoms with Gasteiger partial charge in [0.05, 0.1) is 33.4 Å². The predicted molar refractivity (Wildman–Crippen MR) is 139 cm³/mol. The van der Waals surface area contributed by atoms with Crippen molar-refractivity contribution in [3.8, 4) is 17.2 Å². The summed E-state index contributed by atoms with van der Waals surface area (Å²) in [5.74, 6) is -0.383. The molecule has 1 aromatic heterocycles. The number of nitrogens with two attached hydrogens (primary N) is 1. The molecular weight excluding hydrogens is 476 g/mol. The fraction of sp³-hybridized carbons (Fsp3) is 0.407. The predicted octanol–water partition coefficient (Wildman–Crippen LogP) is 2.28. The van der Waals surface area contributed by atoms with Crippen LogP contribution in [0, 0.1) is 0 Å². The molecule has 37 heavy (non-hydrogen) atoms. The van der Waals surface area contributed by atoms with E-state index in [4.69, 9.17) is 19.9 Å². The van der Waals surface area contributed by atoms with Crippen molar-refractivity contribution in [3.63, 3.8) is 0 Å². The maximum Gasteiger partial charge on any atom is 0.328 e. The lowest BCUT2D eigenvalue weighted by Crippen LogP contribution is -2.53. The number of carbonyl (C=O) groups is 2. The molecule has 3 aromatic rings. The number of hydrogen-bond acceptors (Lipinski definition) is 8. The molecule has 0 unspecified atom stereocenters. The highest BCUT2D eigenvalue weighted by Gasteiger charge is 2.36. The Kier molecular flexibility index (Phi) is 8.20. The Hall–Kier alpha value is -3.76. The summed E-state index contributed by atoms with van der Waals surface area (Å²) >= 11 is 0. The molecular formula is C27H34N4O6. The van der Waals surface area contributed by atoms with Crippen LogP contribution < -0.4 is 25.8 Å². The Bertz CT molecular complexity index is 1250. The summed E-state index contributed by atoms with van der Waals surface area (Å²) in [5, 5.41) is 17.8.